The summed E-state index contributed by atoms with van der Waals surface area (Å²) in [5, 5.41) is 17.7. The van der Waals surface area contributed by atoms with Crippen LogP contribution in [0.15, 0.2) is 48.8 Å². The highest BCUT2D eigenvalue weighted by Gasteiger charge is 2.36. The van der Waals surface area contributed by atoms with Crippen molar-refractivity contribution in [3.05, 3.63) is 71.3 Å². The number of ether oxygens (including phenoxy) is 4. The summed E-state index contributed by atoms with van der Waals surface area (Å²) >= 11 is 0. The maximum Gasteiger partial charge on any atom is 0.419 e. The number of methoxy groups -OCH3 is 1. The van der Waals surface area contributed by atoms with Crippen molar-refractivity contribution in [3.63, 3.8) is 0 Å². The van der Waals surface area contributed by atoms with E-state index in [-0.39, 0.29) is 43.6 Å². The first-order valence-corrected chi connectivity index (χ1v) is 17.8. The van der Waals surface area contributed by atoms with Gasteiger partial charge in [0.25, 0.3) is 0 Å². The van der Waals surface area contributed by atoms with Gasteiger partial charge in [-0.05, 0) is 63.6 Å². The van der Waals surface area contributed by atoms with Gasteiger partial charge in [-0.3, -0.25) is 14.9 Å². The predicted octanol–water partition coefficient (Wildman–Crippen LogP) is 5.75. The molecule has 4 rings (SSSR count). The van der Waals surface area contributed by atoms with E-state index in [2.05, 4.69) is 25.9 Å². The molecule has 0 radical (unpaired) electrons. The van der Waals surface area contributed by atoms with Crippen LogP contribution in [0.25, 0.3) is 22.3 Å². The van der Waals surface area contributed by atoms with Crippen LogP contribution in [0.5, 0.6) is 11.5 Å². The summed E-state index contributed by atoms with van der Waals surface area (Å²) in [4.78, 5) is 3.99. The lowest BCUT2D eigenvalue weighted by molar-refractivity contribution is -0.139. The fourth-order valence-electron chi connectivity index (χ4n) is 5.70. The number of benzene rings is 2. The summed E-state index contributed by atoms with van der Waals surface area (Å²) < 4.78 is 108. The van der Waals surface area contributed by atoms with Crippen LogP contribution >= 0.6 is 0 Å². The highest BCUT2D eigenvalue weighted by Crippen LogP contribution is 2.41. The second-order valence-corrected chi connectivity index (χ2v) is 13.0. The number of aromatic amines is 1. The Morgan fingerprint density at radius 2 is 1.35 bits per heavy atom. The third kappa shape index (κ3) is 12.9. The van der Waals surface area contributed by atoms with Gasteiger partial charge in [0.2, 0.25) is 0 Å². The van der Waals surface area contributed by atoms with Crippen LogP contribution in [-0.4, -0.2) is 118 Å². The van der Waals surface area contributed by atoms with Crippen LogP contribution in [0, 0.1) is 0 Å². The van der Waals surface area contributed by atoms with E-state index in [0.717, 1.165) is 25.2 Å². The van der Waals surface area contributed by atoms with Crippen molar-refractivity contribution >= 4 is 0 Å². The van der Waals surface area contributed by atoms with Gasteiger partial charge in [-0.2, -0.15) is 36.5 Å². The Morgan fingerprint density at radius 3 is 1.93 bits per heavy atom. The first-order valence-electron chi connectivity index (χ1n) is 17.8. The average molecular weight is 785 g/mol. The number of H-pyrrole nitrogens is 1. The van der Waals surface area contributed by atoms with Crippen LogP contribution in [-0.2, 0) is 41.6 Å². The molecule has 304 valence electrons. The third-order valence-corrected chi connectivity index (χ3v) is 8.54. The van der Waals surface area contributed by atoms with Crippen molar-refractivity contribution in [2.75, 3.05) is 87.9 Å². The predicted molar refractivity (Wildman–Crippen MR) is 196 cm³/mol. The number of rotatable bonds is 23. The zero-order valence-electron chi connectivity index (χ0n) is 31.7. The molecule has 0 spiro atoms. The quantitative estimate of drug-likeness (QED) is 0.0636. The molecule has 18 heteroatoms. The van der Waals surface area contributed by atoms with Gasteiger partial charge in [-0.25, -0.2) is 4.68 Å². The molecule has 2 aromatic carbocycles. The Kier molecular flexibility index (Phi) is 16.3. The lowest BCUT2D eigenvalue weighted by atomic mass is 10.0. The molecule has 0 saturated heterocycles. The van der Waals surface area contributed by atoms with Crippen LogP contribution in [0.4, 0.5) is 26.3 Å². The maximum atomic E-state index is 14.2. The topological polar surface area (TPSA) is 114 Å². The summed E-state index contributed by atoms with van der Waals surface area (Å²) in [6, 6.07) is 7.77. The Morgan fingerprint density at radius 1 is 0.764 bits per heavy atom. The minimum Gasteiger partial charge on any atom is -0.493 e. The van der Waals surface area contributed by atoms with Crippen LogP contribution < -0.4 is 20.1 Å². The molecule has 0 unspecified atom stereocenters. The number of hydrogen-bond donors (Lipinski definition) is 3. The lowest BCUT2D eigenvalue weighted by Crippen LogP contribution is -2.27. The fourth-order valence-corrected chi connectivity index (χ4v) is 5.70. The summed E-state index contributed by atoms with van der Waals surface area (Å²) in [5.74, 6) is -0.634. The van der Waals surface area contributed by atoms with E-state index in [4.69, 9.17) is 18.9 Å². The molecule has 0 fully saturated rings. The first kappa shape index (κ1) is 43.5. The summed E-state index contributed by atoms with van der Waals surface area (Å²) in [6.45, 7) is 3.59. The van der Waals surface area contributed by atoms with Crippen LogP contribution in [0.1, 0.15) is 28.9 Å². The second kappa shape index (κ2) is 20.6. The van der Waals surface area contributed by atoms with Gasteiger partial charge >= 0.3 is 12.4 Å². The molecule has 0 saturated carbocycles. The smallest absolute Gasteiger partial charge is 0.419 e. The number of hydrogen-bond acceptors (Lipinski definition) is 10. The maximum absolute atomic E-state index is 14.2. The normalized spacial score (nSPS) is 12.3. The zero-order chi connectivity index (χ0) is 40.0. The van der Waals surface area contributed by atoms with E-state index < -0.39 is 23.5 Å². The van der Waals surface area contributed by atoms with Crippen LogP contribution in [0.2, 0.25) is 0 Å². The van der Waals surface area contributed by atoms with Crippen molar-refractivity contribution in [1.29, 1.82) is 0 Å². The largest absolute Gasteiger partial charge is 0.493 e. The number of nitrogens with zero attached hydrogens (tertiary/aromatic N) is 5. The van der Waals surface area contributed by atoms with E-state index in [1.165, 1.54) is 30.1 Å². The fraction of sp³-hybridized carbons (Fsp3) is 0.514. The van der Waals surface area contributed by atoms with Crippen molar-refractivity contribution in [3.8, 4) is 33.8 Å². The Balaban J connectivity index is 1.46. The standard InChI is InChI=1S/C37H50F6N8O4/c1-44-11-13-49(3)23-32-28(21-46-47-32)26-7-9-35(30(19-26)36(38,39)40)55-18-17-53-25-51-22-29(33(48-51)24-50(4)14-12-45-2)27-8-10-34(54-16-6-15-52-5)31(20-27)37(41,42)43/h7-10,19-22,44-45H,6,11-18,23-25H2,1-5H3,(H,46,47). The monoisotopic (exact) mass is 784 g/mol. The van der Waals surface area contributed by atoms with Crippen LogP contribution in [0.3, 0.4) is 0 Å². The number of alkyl halides is 6. The van der Waals surface area contributed by atoms with Crippen molar-refractivity contribution in [1.82, 2.24) is 40.4 Å². The lowest BCUT2D eigenvalue weighted by Gasteiger charge is -2.18. The van der Waals surface area contributed by atoms with Gasteiger partial charge in [0, 0.05) is 76.7 Å². The van der Waals surface area contributed by atoms with E-state index >= 15 is 0 Å². The number of nitrogens with one attached hydrogen (secondary N) is 3. The molecule has 2 heterocycles. The minimum atomic E-state index is -4.69. The molecule has 2 aromatic heterocycles. The zero-order valence-corrected chi connectivity index (χ0v) is 31.7. The molecule has 12 nitrogen and oxygen atoms in total. The minimum absolute atomic E-state index is 0.0569. The molecule has 0 amide bonds. The molecule has 0 aliphatic rings. The number of halogens is 6. The molecule has 55 heavy (non-hydrogen) atoms. The molecular formula is C37H50F6N8O4. The number of aromatic nitrogens is 4. The van der Waals surface area contributed by atoms with Crippen molar-refractivity contribution < 1.29 is 45.3 Å². The molecule has 0 aliphatic carbocycles. The van der Waals surface area contributed by atoms with E-state index in [1.807, 2.05) is 38.0 Å². The molecule has 0 atom stereocenters. The Hall–Kier alpha value is -4.20. The SMILES string of the molecule is CNCCN(C)Cc1nn(COCCOc2ccc(-c3cn[nH]c3CN(C)CCNC)cc2C(F)(F)F)cc1-c1ccc(OCCCOC)c(C(F)(F)F)c1. The number of likely N-dealkylation sites (N-methyl/N-ethyl adjacent to an activating group) is 4. The average Bonchev–Trinajstić information content (AvgIpc) is 3.77. The highest BCUT2D eigenvalue weighted by atomic mass is 19.4. The van der Waals surface area contributed by atoms with E-state index in [9.17, 15) is 26.3 Å². The van der Waals surface area contributed by atoms with Gasteiger partial charge in [0.15, 0.2) is 0 Å². The molecule has 4 aromatic rings. The molecular weight excluding hydrogens is 734 g/mol. The highest BCUT2D eigenvalue weighted by molar-refractivity contribution is 5.68. The second-order valence-electron chi connectivity index (χ2n) is 13.0. The van der Waals surface area contributed by atoms with E-state index in [1.54, 1.807) is 18.3 Å². The van der Waals surface area contributed by atoms with Gasteiger partial charge in [-0.1, -0.05) is 12.1 Å². The first-order chi connectivity index (χ1) is 26.2. The summed E-state index contributed by atoms with van der Waals surface area (Å²) in [6.07, 6.45) is -5.86. The van der Waals surface area contributed by atoms with Gasteiger partial charge < -0.3 is 29.6 Å². The Labute approximate surface area is 317 Å². The molecule has 0 aliphatic heterocycles. The Bertz CT molecular complexity index is 1760. The van der Waals surface area contributed by atoms with Gasteiger partial charge in [0.05, 0.1) is 41.9 Å². The van der Waals surface area contributed by atoms with E-state index in [0.29, 0.717) is 67.3 Å². The van der Waals surface area contributed by atoms with Gasteiger partial charge in [0.1, 0.15) is 24.8 Å². The summed E-state index contributed by atoms with van der Waals surface area (Å²) in [7, 11) is 8.93. The summed E-state index contributed by atoms with van der Waals surface area (Å²) in [5.41, 5.74) is 0.998. The van der Waals surface area contributed by atoms with Crippen molar-refractivity contribution in [2.24, 2.45) is 0 Å². The molecule has 0 bridgehead atoms. The van der Waals surface area contributed by atoms with Gasteiger partial charge in [-0.15, -0.1) is 0 Å². The molecule has 3 N–H and O–H groups in total. The third-order valence-electron chi connectivity index (χ3n) is 8.54. The van der Waals surface area contributed by atoms with Crippen molar-refractivity contribution in [2.45, 2.75) is 38.6 Å².